The van der Waals surface area contributed by atoms with Crippen LogP contribution in [-0.4, -0.2) is 62.6 Å². The summed E-state index contributed by atoms with van der Waals surface area (Å²) in [6, 6.07) is 34.8. The predicted molar refractivity (Wildman–Crippen MR) is 403 cm³/mol. The summed E-state index contributed by atoms with van der Waals surface area (Å²) in [6.45, 7) is 26.3. The lowest BCUT2D eigenvalue weighted by Gasteiger charge is -2.16. The molecule has 0 unspecified atom stereocenters. The third-order valence-corrected chi connectivity index (χ3v) is 20.7. The fourth-order valence-corrected chi connectivity index (χ4v) is 17.1. The second-order valence-corrected chi connectivity index (χ2v) is 27.5. The van der Waals surface area contributed by atoms with Gasteiger partial charge in [-0.2, -0.15) is 0 Å². The van der Waals surface area contributed by atoms with Crippen LogP contribution in [0, 0.1) is 83.1 Å². The fourth-order valence-electron chi connectivity index (χ4n) is 14.9. The monoisotopic (exact) mass is 1300 g/mol. The zero-order chi connectivity index (χ0) is 67.7. The van der Waals surface area contributed by atoms with E-state index in [2.05, 4.69) is 204 Å². The number of benzene rings is 6. The number of fused-ring (bicyclic) bond motifs is 12. The van der Waals surface area contributed by atoms with Crippen LogP contribution in [0.4, 0.5) is 0 Å². The van der Waals surface area contributed by atoms with Gasteiger partial charge in [0.1, 0.15) is 34.5 Å². The Balaban J connectivity index is 1.30. The second kappa shape index (κ2) is 25.9. The molecule has 12 heteroatoms. The fraction of sp³-hybridized carbons (Fsp3) is 0.214. The van der Waals surface area contributed by atoms with Crippen molar-refractivity contribution >= 4 is 90.1 Å². The van der Waals surface area contributed by atoms with E-state index in [0.29, 0.717) is 68.4 Å². The van der Waals surface area contributed by atoms with Gasteiger partial charge in [0, 0.05) is 76.4 Å². The molecule has 9 aromatic rings. The highest BCUT2D eigenvalue weighted by atomic mass is 32.1. The highest BCUT2D eigenvalue weighted by molar-refractivity contribution is 7.24. The van der Waals surface area contributed by atoms with Gasteiger partial charge in [-0.25, -0.2) is 19.9 Å². The normalized spacial score (nSPS) is 12.1. The lowest BCUT2D eigenvalue weighted by Crippen LogP contribution is -1.99. The van der Waals surface area contributed by atoms with Crippen molar-refractivity contribution in [3.8, 4) is 101 Å². The molecule has 0 amide bonds. The summed E-state index contributed by atoms with van der Waals surface area (Å²) in [5.74, 6) is 3.37. The van der Waals surface area contributed by atoms with Crippen LogP contribution in [0.2, 0.25) is 0 Å². The number of nitrogens with zero attached hydrogens (tertiary/aromatic N) is 4. The number of hydrogen-bond donors (Lipinski definition) is 0. The van der Waals surface area contributed by atoms with Crippen molar-refractivity contribution in [2.75, 3.05) is 42.7 Å². The third kappa shape index (κ3) is 11.5. The van der Waals surface area contributed by atoms with E-state index in [1.807, 2.05) is 24.3 Å². The van der Waals surface area contributed by atoms with Gasteiger partial charge in [0.2, 0.25) is 0 Å². The summed E-state index contributed by atoms with van der Waals surface area (Å²) in [5.41, 5.74) is 31.2. The van der Waals surface area contributed by atoms with Crippen LogP contribution in [0.25, 0.3) is 134 Å². The SMILES string of the molecule is COc1cc(OC)c(-c2c3nc(c(-c4c(C)cc(C)cc4C)c4ccc(s4)c(-c4c(C)cc(C)cc4C)c4nc(c(-c5c(OC)cc(OC)cc5OC)c5nc(c(-c6c(C)cc(C)cc6C)c6ccc(s6)c(-c6c(C)cc(C)cc6C)c6nc2C=C6)C=C5)C=C4)C=C3)c(OC)c1. The van der Waals surface area contributed by atoms with Crippen LogP contribution in [0.15, 0.2) is 97.1 Å². The van der Waals surface area contributed by atoms with Gasteiger partial charge in [0.15, 0.2) is 0 Å². The summed E-state index contributed by atoms with van der Waals surface area (Å²) in [4.78, 5) is 23.2. The molecule has 6 aromatic carbocycles. The molecule has 482 valence electrons. The standard InChI is InChI=1S/C84H78N4O6S2/c1-43-31-47(5)73(48(6)32-43)79-61-23-19-57(85-61)77(83-65(91-15)39-55(89-13)40-66(83)92-16)58-20-25-63(86-58)81(75-51(9)35-45(3)36-52(75)10)71-29-30-72(96-71)82(76-53(11)37-46(4)38-54(76)12)64-26-22-60(88-64)78(84-67(93-17)41-56(90-14)42-68(84)94-18)59-21-24-62(87-59)80(70-28-27-69(79)95-70)74-49(7)33-44(2)34-50(74)8/h19-42H,1-18H3. The lowest BCUT2D eigenvalue weighted by atomic mass is 9.93. The van der Waals surface area contributed by atoms with Crippen molar-refractivity contribution in [1.82, 2.24) is 19.9 Å². The molecule has 10 nitrogen and oxygen atoms in total. The molecule has 96 heavy (non-hydrogen) atoms. The third-order valence-electron chi connectivity index (χ3n) is 18.4. The molecule has 0 fully saturated rings. The summed E-state index contributed by atoms with van der Waals surface area (Å²) in [7, 11) is 10.0. The summed E-state index contributed by atoms with van der Waals surface area (Å²) >= 11 is 3.47. The number of aromatic nitrogens is 4. The van der Waals surface area contributed by atoms with Crippen molar-refractivity contribution in [2.24, 2.45) is 0 Å². The van der Waals surface area contributed by atoms with Crippen molar-refractivity contribution in [3.63, 3.8) is 0 Å². The van der Waals surface area contributed by atoms with Crippen LogP contribution in [0.1, 0.15) is 112 Å². The molecule has 0 aliphatic carbocycles. The summed E-state index contributed by atoms with van der Waals surface area (Å²) < 4.78 is 41.3. The number of thiophene rings is 2. The van der Waals surface area contributed by atoms with Crippen LogP contribution in [0.3, 0.4) is 0 Å². The molecule has 0 N–H and O–H groups in total. The maximum Gasteiger partial charge on any atom is 0.134 e. The second-order valence-electron chi connectivity index (χ2n) is 25.3. The first kappa shape index (κ1) is 64.6. The first-order valence-corrected chi connectivity index (χ1v) is 33.8. The van der Waals surface area contributed by atoms with Gasteiger partial charge in [-0.1, -0.05) is 70.8 Å². The van der Waals surface area contributed by atoms with Gasteiger partial charge >= 0.3 is 0 Å². The molecule has 0 saturated carbocycles. The zero-order valence-electron chi connectivity index (χ0n) is 57.9. The van der Waals surface area contributed by atoms with E-state index in [9.17, 15) is 0 Å². The minimum absolute atomic E-state index is 0.549. The van der Waals surface area contributed by atoms with Crippen LogP contribution in [-0.2, 0) is 0 Å². The smallest absolute Gasteiger partial charge is 0.134 e. The van der Waals surface area contributed by atoms with Gasteiger partial charge < -0.3 is 28.4 Å². The predicted octanol–water partition coefficient (Wildman–Crippen LogP) is 21.9. The number of ether oxygens (including phenoxy) is 6. The molecular weight excluding hydrogens is 1230 g/mol. The molecule has 0 atom stereocenters. The molecule has 4 aliphatic rings. The average Bonchev–Trinajstić information content (AvgIpc) is 1.58. The molecule has 13 rings (SSSR count). The van der Waals surface area contributed by atoms with Crippen molar-refractivity contribution in [3.05, 3.63) is 209 Å². The average molecular weight is 1300 g/mol. The highest BCUT2D eigenvalue weighted by Gasteiger charge is 2.29. The van der Waals surface area contributed by atoms with E-state index in [4.69, 9.17) is 48.4 Å². The van der Waals surface area contributed by atoms with Crippen molar-refractivity contribution < 1.29 is 28.4 Å². The number of methoxy groups -OCH3 is 6. The quantitative estimate of drug-likeness (QED) is 0.117. The Morgan fingerprint density at radius 3 is 0.583 bits per heavy atom. The molecule has 12 bridgehead atoms. The summed E-state index contributed by atoms with van der Waals surface area (Å²) in [5, 5.41) is 0. The Kier molecular flexibility index (Phi) is 17.4. The molecule has 0 spiro atoms. The van der Waals surface area contributed by atoms with Gasteiger partial charge in [0.05, 0.1) is 99.3 Å². The Morgan fingerprint density at radius 2 is 0.406 bits per heavy atom. The molecule has 7 heterocycles. The summed E-state index contributed by atoms with van der Waals surface area (Å²) in [6.07, 6.45) is 17.1. The maximum absolute atomic E-state index is 6.35. The van der Waals surface area contributed by atoms with E-state index in [1.165, 1.54) is 22.3 Å². The first-order chi connectivity index (χ1) is 46.2. The van der Waals surface area contributed by atoms with Gasteiger partial charge in [-0.05, 0) is 223 Å². The number of hydrogen-bond acceptors (Lipinski definition) is 12. The molecule has 0 radical (unpaired) electrons. The zero-order valence-corrected chi connectivity index (χ0v) is 59.5. The maximum atomic E-state index is 6.35. The Labute approximate surface area is 571 Å². The van der Waals surface area contributed by atoms with Crippen molar-refractivity contribution in [2.45, 2.75) is 83.1 Å². The van der Waals surface area contributed by atoms with Gasteiger partial charge in [-0.3, -0.25) is 0 Å². The number of rotatable bonds is 12. The highest BCUT2D eigenvalue weighted by Crippen LogP contribution is 2.51. The van der Waals surface area contributed by atoms with Crippen LogP contribution >= 0.6 is 22.7 Å². The van der Waals surface area contributed by atoms with E-state index in [1.54, 1.807) is 65.3 Å². The van der Waals surface area contributed by atoms with Crippen LogP contribution in [0.5, 0.6) is 34.5 Å². The van der Waals surface area contributed by atoms with E-state index < -0.39 is 0 Å². The molecule has 0 saturated heterocycles. The number of aryl methyl sites for hydroxylation is 12. The van der Waals surface area contributed by atoms with Gasteiger partial charge in [-0.15, -0.1) is 22.7 Å². The minimum atomic E-state index is 0.549. The topological polar surface area (TPSA) is 107 Å². The first-order valence-electron chi connectivity index (χ1n) is 32.2. The Morgan fingerprint density at radius 1 is 0.219 bits per heavy atom. The van der Waals surface area contributed by atoms with Gasteiger partial charge in [0.25, 0.3) is 0 Å². The Bertz CT molecular complexity index is 4560. The van der Waals surface area contributed by atoms with Crippen LogP contribution < -0.4 is 28.4 Å². The minimum Gasteiger partial charge on any atom is -0.496 e. The van der Waals surface area contributed by atoms with E-state index in [0.717, 1.165) is 142 Å². The largest absolute Gasteiger partial charge is 0.496 e. The van der Waals surface area contributed by atoms with E-state index >= 15 is 0 Å². The van der Waals surface area contributed by atoms with Crippen molar-refractivity contribution in [1.29, 1.82) is 0 Å². The Hall–Kier alpha value is -10.1. The molecule has 3 aromatic heterocycles. The lowest BCUT2D eigenvalue weighted by molar-refractivity contribution is 0.377. The molecule has 4 aliphatic heterocycles. The van der Waals surface area contributed by atoms with E-state index in [-0.39, 0.29) is 0 Å². The molecular formula is C84H78N4O6S2.